The zero-order valence-corrected chi connectivity index (χ0v) is 32.6. The molecule has 0 amide bonds. The highest BCUT2D eigenvalue weighted by atomic mass is 32.1. The predicted molar refractivity (Wildman–Crippen MR) is 250 cm³/mol. The van der Waals surface area contributed by atoms with Crippen molar-refractivity contribution in [2.45, 2.75) is 0 Å². The van der Waals surface area contributed by atoms with Gasteiger partial charge in [-0.15, -0.1) is 11.3 Å². The van der Waals surface area contributed by atoms with Crippen LogP contribution >= 0.6 is 11.3 Å². The van der Waals surface area contributed by atoms with Gasteiger partial charge >= 0.3 is 0 Å². The number of aromatic nitrogens is 3. The second kappa shape index (κ2) is 13.6. The van der Waals surface area contributed by atoms with Crippen molar-refractivity contribution in [2.24, 2.45) is 0 Å². The van der Waals surface area contributed by atoms with Gasteiger partial charge in [-0.25, -0.2) is 15.0 Å². The first kappa shape index (κ1) is 33.6. The Labute approximate surface area is 344 Å². The molecule has 0 atom stereocenters. The van der Waals surface area contributed by atoms with E-state index in [9.17, 15) is 0 Å². The summed E-state index contributed by atoms with van der Waals surface area (Å²) < 4.78 is 2.64. The van der Waals surface area contributed by atoms with E-state index in [4.69, 9.17) is 15.0 Å². The van der Waals surface area contributed by atoms with Crippen molar-refractivity contribution in [1.29, 1.82) is 0 Å². The smallest absolute Gasteiger partial charge is 0.0972 e. The SMILES string of the molecule is c1ccc(-c2ccc3ccc4ccc(-c5ccc(-c6nc7ccccc7c7c(-c8cccc(-c9cccc%10c9sc9ccccc9%10)c8)cccc67)cc5)nc4c3n2)cc1. The number of benzene rings is 8. The fraction of sp³-hybridized carbons (Fsp3) is 0. The first-order valence-electron chi connectivity index (χ1n) is 19.9. The van der Waals surface area contributed by atoms with Crippen molar-refractivity contribution < 1.29 is 0 Å². The summed E-state index contributed by atoms with van der Waals surface area (Å²) in [5.41, 5.74) is 13.7. The fourth-order valence-corrected chi connectivity index (χ4v) is 10.0. The Morgan fingerprint density at radius 1 is 0.339 bits per heavy atom. The summed E-state index contributed by atoms with van der Waals surface area (Å²) in [5, 5.41) is 8.25. The Bertz CT molecular complexity index is 3610. The summed E-state index contributed by atoms with van der Waals surface area (Å²) in [5.74, 6) is 0. The minimum Gasteiger partial charge on any atom is -0.247 e. The van der Waals surface area contributed by atoms with E-state index in [2.05, 4.69) is 182 Å². The minimum absolute atomic E-state index is 0.904. The normalized spacial score (nSPS) is 11.7. The lowest BCUT2D eigenvalue weighted by Gasteiger charge is -2.15. The Morgan fingerprint density at radius 3 is 1.64 bits per heavy atom. The van der Waals surface area contributed by atoms with Gasteiger partial charge in [-0.05, 0) is 52.6 Å². The van der Waals surface area contributed by atoms with Crippen LogP contribution in [0.1, 0.15) is 0 Å². The molecule has 0 aliphatic carbocycles. The average molecular weight is 768 g/mol. The summed E-state index contributed by atoms with van der Waals surface area (Å²) in [6.07, 6.45) is 0. The molecule has 0 bridgehead atoms. The Balaban J connectivity index is 0.963. The van der Waals surface area contributed by atoms with Gasteiger partial charge in [0.2, 0.25) is 0 Å². The number of pyridine rings is 3. The first-order valence-corrected chi connectivity index (χ1v) is 20.7. The number of thiophene rings is 1. The van der Waals surface area contributed by atoms with E-state index in [0.29, 0.717) is 0 Å². The van der Waals surface area contributed by atoms with E-state index in [1.165, 1.54) is 47.8 Å². The maximum absolute atomic E-state index is 5.32. The molecule has 0 radical (unpaired) electrons. The molecule has 0 unspecified atom stereocenters. The Morgan fingerprint density at radius 2 is 0.881 bits per heavy atom. The lowest BCUT2D eigenvalue weighted by molar-refractivity contribution is 1.36. The van der Waals surface area contributed by atoms with Crippen LogP contribution in [0.25, 0.3) is 120 Å². The van der Waals surface area contributed by atoms with Crippen LogP contribution in [-0.2, 0) is 0 Å². The highest BCUT2D eigenvalue weighted by molar-refractivity contribution is 7.26. The van der Waals surface area contributed by atoms with Gasteiger partial charge in [-0.2, -0.15) is 0 Å². The molecule has 0 saturated carbocycles. The highest BCUT2D eigenvalue weighted by Gasteiger charge is 2.17. The van der Waals surface area contributed by atoms with Crippen molar-refractivity contribution >= 4 is 75.0 Å². The van der Waals surface area contributed by atoms with Gasteiger partial charge in [-0.1, -0.05) is 170 Å². The molecule has 4 heteroatoms. The molecule has 4 heterocycles. The summed E-state index contributed by atoms with van der Waals surface area (Å²) in [7, 11) is 0. The third-order valence-corrected chi connectivity index (χ3v) is 12.9. The second-order valence-electron chi connectivity index (χ2n) is 15.1. The van der Waals surface area contributed by atoms with Crippen molar-refractivity contribution in [3.63, 3.8) is 0 Å². The standard InChI is InChI=1S/C55H33N3S/c1-2-11-34(12-3-1)47-31-29-37-27-28-38-30-32-48(57-54(38)53(37)56-47)35-23-25-36(26-24-35)52-46-20-9-17-41(51(46)45-16-4-6-21-49(45)58-52)39-13-8-14-40(33-39)42-18-10-19-44-43-15-5-7-22-50(43)59-55(42)44/h1-33H. The zero-order valence-electron chi connectivity index (χ0n) is 31.8. The molecule has 274 valence electrons. The molecule has 0 aliphatic heterocycles. The number of nitrogens with zero attached hydrogens (tertiary/aromatic N) is 3. The lowest BCUT2D eigenvalue weighted by atomic mass is 9.91. The molecule has 0 N–H and O–H groups in total. The van der Waals surface area contributed by atoms with E-state index in [-0.39, 0.29) is 0 Å². The average Bonchev–Trinajstić information content (AvgIpc) is 3.70. The van der Waals surface area contributed by atoms with Crippen molar-refractivity contribution in [2.75, 3.05) is 0 Å². The maximum Gasteiger partial charge on any atom is 0.0972 e. The second-order valence-corrected chi connectivity index (χ2v) is 16.2. The molecule has 0 spiro atoms. The monoisotopic (exact) mass is 767 g/mol. The van der Waals surface area contributed by atoms with Gasteiger partial charge in [0.05, 0.1) is 33.6 Å². The van der Waals surface area contributed by atoms with Crippen LogP contribution in [0.15, 0.2) is 200 Å². The molecule has 0 saturated heterocycles. The molecule has 0 fully saturated rings. The summed E-state index contributed by atoms with van der Waals surface area (Å²) >= 11 is 1.87. The highest BCUT2D eigenvalue weighted by Crippen LogP contribution is 2.43. The van der Waals surface area contributed by atoms with Gasteiger partial charge in [0, 0.05) is 63.8 Å². The van der Waals surface area contributed by atoms with Gasteiger partial charge < -0.3 is 0 Å². The van der Waals surface area contributed by atoms with Gasteiger partial charge in [0.1, 0.15) is 0 Å². The Hall–Kier alpha value is -7.53. The van der Waals surface area contributed by atoms with Crippen LogP contribution in [0.4, 0.5) is 0 Å². The first-order chi connectivity index (χ1) is 29.2. The molecule has 12 rings (SSSR count). The van der Waals surface area contributed by atoms with E-state index in [1.54, 1.807) is 0 Å². The predicted octanol–water partition coefficient (Wildman–Crippen LogP) is 15.2. The molecule has 12 aromatic rings. The minimum atomic E-state index is 0.904. The molecule has 4 aromatic heterocycles. The van der Waals surface area contributed by atoms with Crippen LogP contribution in [0.2, 0.25) is 0 Å². The van der Waals surface area contributed by atoms with Crippen LogP contribution in [-0.4, -0.2) is 15.0 Å². The number of rotatable bonds is 5. The van der Waals surface area contributed by atoms with Gasteiger partial charge in [0.25, 0.3) is 0 Å². The molecule has 59 heavy (non-hydrogen) atoms. The van der Waals surface area contributed by atoms with E-state index in [0.717, 1.165) is 71.9 Å². The lowest BCUT2D eigenvalue weighted by Crippen LogP contribution is -1.93. The summed E-state index contributed by atoms with van der Waals surface area (Å²) in [6.45, 7) is 0. The third kappa shape index (κ3) is 5.60. The number of hydrogen-bond acceptors (Lipinski definition) is 4. The molecular formula is C55H33N3S. The molecule has 8 aromatic carbocycles. The zero-order chi connectivity index (χ0) is 38.9. The van der Waals surface area contributed by atoms with Crippen molar-refractivity contribution in [3.8, 4) is 56.0 Å². The van der Waals surface area contributed by atoms with Crippen LogP contribution < -0.4 is 0 Å². The molecular weight excluding hydrogens is 735 g/mol. The topological polar surface area (TPSA) is 38.7 Å². The van der Waals surface area contributed by atoms with Crippen molar-refractivity contribution in [3.05, 3.63) is 200 Å². The summed E-state index contributed by atoms with van der Waals surface area (Å²) in [6, 6.07) is 71.4. The van der Waals surface area contributed by atoms with E-state index >= 15 is 0 Å². The third-order valence-electron chi connectivity index (χ3n) is 11.7. The van der Waals surface area contributed by atoms with E-state index in [1.807, 2.05) is 29.5 Å². The largest absolute Gasteiger partial charge is 0.247 e. The van der Waals surface area contributed by atoms with E-state index < -0.39 is 0 Å². The molecule has 3 nitrogen and oxygen atoms in total. The number of fused-ring (bicyclic) bond motifs is 9. The summed E-state index contributed by atoms with van der Waals surface area (Å²) in [4.78, 5) is 15.7. The van der Waals surface area contributed by atoms with Gasteiger partial charge in [0.15, 0.2) is 0 Å². The quantitative estimate of drug-likeness (QED) is 0.164. The maximum atomic E-state index is 5.32. The van der Waals surface area contributed by atoms with Crippen LogP contribution in [0, 0.1) is 0 Å². The number of hydrogen-bond donors (Lipinski definition) is 0. The Kier molecular flexibility index (Phi) is 7.72. The van der Waals surface area contributed by atoms with Crippen LogP contribution in [0.5, 0.6) is 0 Å². The van der Waals surface area contributed by atoms with Crippen molar-refractivity contribution in [1.82, 2.24) is 15.0 Å². The molecule has 0 aliphatic rings. The fourth-order valence-electron chi connectivity index (χ4n) is 8.79. The van der Waals surface area contributed by atoms with Crippen LogP contribution in [0.3, 0.4) is 0 Å². The number of para-hydroxylation sites is 1. The van der Waals surface area contributed by atoms with Gasteiger partial charge in [-0.3, -0.25) is 0 Å².